The van der Waals surface area contributed by atoms with Crippen molar-refractivity contribution in [3.05, 3.63) is 106 Å². The first kappa shape index (κ1) is 25.9. The molecule has 3 aromatic carbocycles. The van der Waals surface area contributed by atoms with Crippen molar-refractivity contribution in [2.45, 2.75) is 91.5 Å². The molecule has 0 aromatic heterocycles. The molecule has 0 saturated carbocycles. The van der Waals surface area contributed by atoms with Gasteiger partial charge in [0.25, 0.3) is 0 Å². The second-order valence-electron chi connectivity index (χ2n) is 10.7. The van der Waals surface area contributed by atoms with Crippen molar-refractivity contribution in [1.29, 1.82) is 0 Å². The van der Waals surface area contributed by atoms with Crippen molar-refractivity contribution in [1.82, 2.24) is 0 Å². The highest BCUT2D eigenvalue weighted by atomic mass is 14.8. The maximum absolute atomic E-state index is 5.41. The fraction of sp³-hybridized carbons (Fsp3) is 0.424. The van der Waals surface area contributed by atoms with Gasteiger partial charge >= 0.3 is 0 Å². The van der Waals surface area contributed by atoms with E-state index < -0.39 is 0 Å². The molecule has 1 heteroatoms. The van der Waals surface area contributed by atoms with Crippen LogP contribution in [-0.4, -0.2) is 6.21 Å². The van der Waals surface area contributed by atoms with E-state index in [0.29, 0.717) is 23.7 Å². The quantitative estimate of drug-likeness (QED) is 0.286. The van der Waals surface area contributed by atoms with E-state index in [4.69, 9.17) is 4.99 Å². The minimum atomic E-state index is -0.00397. The Morgan fingerprint density at radius 3 is 1.26 bits per heavy atom. The molecule has 0 spiro atoms. The topological polar surface area (TPSA) is 12.4 Å². The van der Waals surface area contributed by atoms with E-state index >= 15 is 0 Å². The molecule has 0 N–H and O–H groups in total. The third kappa shape index (κ3) is 5.87. The van der Waals surface area contributed by atoms with E-state index in [1.807, 2.05) is 0 Å². The van der Waals surface area contributed by atoms with Gasteiger partial charge in [0.05, 0.1) is 0 Å². The monoisotopic (exact) mass is 453 g/mol. The summed E-state index contributed by atoms with van der Waals surface area (Å²) in [5.74, 6) is 1.76. The van der Waals surface area contributed by atoms with Crippen LogP contribution in [0, 0.1) is 0 Å². The second kappa shape index (κ2) is 11.6. The zero-order valence-electron chi connectivity index (χ0n) is 22.5. The van der Waals surface area contributed by atoms with Crippen LogP contribution in [0.5, 0.6) is 0 Å². The summed E-state index contributed by atoms with van der Waals surface area (Å²) in [6.07, 6.45) is 3.00. The smallest absolute Gasteiger partial charge is 0.101 e. The van der Waals surface area contributed by atoms with E-state index in [2.05, 4.69) is 128 Å². The van der Waals surface area contributed by atoms with Crippen LogP contribution in [0.3, 0.4) is 0 Å². The molecule has 34 heavy (non-hydrogen) atoms. The van der Waals surface area contributed by atoms with Gasteiger partial charge in [0.15, 0.2) is 0 Å². The Morgan fingerprint density at radius 1 is 0.529 bits per heavy atom. The van der Waals surface area contributed by atoms with Gasteiger partial charge in [-0.25, -0.2) is 0 Å². The number of hydrogen-bond donors (Lipinski definition) is 0. The van der Waals surface area contributed by atoms with E-state index in [-0.39, 0.29) is 6.04 Å². The molecule has 3 aromatic rings. The SMILES string of the molecule is CC(C)c1cccc(C(C)C)c1C(N=CCc1ccccc1)c1c(C(C)C)cccc1C(C)C. The van der Waals surface area contributed by atoms with Crippen LogP contribution in [0.15, 0.2) is 71.7 Å². The summed E-state index contributed by atoms with van der Waals surface area (Å²) >= 11 is 0. The lowest BCUT2D eigenvalue weighted by atomic mass is 9.78. The van der Waals surface area contributed by atoms with Gasteiger partial charge < -0.3 is 0 Å². The minimum Gasteiger partial charge on any atom is -0.284 e. The van der Waals surface area contributed by atoms with Crippen LogP contribution in [0.4, 0.5) is 0 Å². The second-order valence-corrected chi connectivity index (χ2v) is 10.7. The van der Waals surface area contributed by atoms with E-state index in [9.17, 15) is 0 Å². The van der Waals surface area contributed by atoms with E-state index in [0.717, 1.165) is 6.42 Å². The summed E-state index contributed by atoms with van der Waals surface area (Å²) in [6, 6.07) is 24.4. The summed E-state index contributed by atoms with van der Waals surface area (Å²) < 4.78 is 0. The molecule has 0 aliphatic carbocycles. The highest BCUT2D eigenvalue weighted by molar-refractivity contribution is 5.64. The number of hydrogen-bond acceptors (Lipinski definition) is 1. The van der Waals surface area contributed by atoms with Crippen LogP contribution < -0.4 is 0 Å². The highest BCUT2D eigenvalue weighted by Crippen LogP contribution is 2.43. The standard InChI is InChI=1S/C33H43N/c1-22(2)27-16-12-17-28(23(3)4)31(27)33(34-21-20-26-14-10-9-11-15-26)32-29(24(5)6)18-13-19-30(32)25(7)8/h9-19,21-25,33H,20H2,1-8H3. The molecule has 0 unspecified atom stereocenters. The number of benzene rings is 3. The van der Waals surface area contributed by atoms with Gasteiger partial charge in [-0.1, -0.05) is 122 Å². The van der Waals surface area contributed by atoms with Gasteiger partial charge in [0, 0.05) is 12.6 Å². The molecule has 0 saturated heterocycles. The lowest BCUT2D eigenvalue weighted by molar-refractivity contribution is 0.717. The maximum atomic E-state index is 5.41. The molecule has 3 rings (SSSR count). The highest BCUT2D eigenvalue weighted by Gasteiger charge is 2.28. The molecule has 0 amide bonds. The van der Waals surface area contributed by atoms with Gasteiger partial charge in [-0.05, 0) is 62.6 Å². The molecule has 0 bridgehead atoms. The molecule has 0 aliphatic heterocycles. The molecule has 0 fully saturated rings. The molecule has 0 atom stereocenters. The number of nitrogens with zero attached hydrogens (tertiary/aromatic N) is 1. The van der Waals surface area contributed by atoms with Crippen molar-refractivity contribution in [2.24, 2.45) is 4.99 Å². The average molecular weight is 454 g/mol. The van der Waals surface area contributed by atoms with Crippen molar-refractivity contribution in [2.75, 3.05) is 0 Å². The predicted molar refractivity (Wildman–Crippen MR) is 150 cm³/mol. The van der Waals surface area contributed by atoms with E-state index in [1.54, 1.807) is 0 Å². The van der Waals surface area contributed by atoms with Crippen molar-refractivity contribution in [3.63, 3.8) is 0 Å². The Morgan fingerprint density at radius 2 is 0.912 bits per heavy atom. The lowest BCUT2D eigenvalue weighted by Gasteiger charge is -2.30. The molecular weight excluding hydrogens is 410 g/mol. The fourth-order valence-corrected chi connectivity index (χ4v) is 5.02. The molecule has 0 radical (unpaired) electrons. The summed E-state index contributed by atoms with van der Waals surface area (Å²) in [7, 11) is 0. The van der Waals surface area contributed by atoms with Gasteiger partial charge in [-0.15, -0.1) is 0 Å². The van der Waals surface area contributed by atoms with Gasteiger partial charge in [0.2, 0.25) is 0 Å². The number of rotatable bonds is 9. The van der Waals surface area contributed by atoms with Crippen LogP contribution in [0.2, 0.25) is 0 Å². The summed E-state index contributed by atoms with van der Waals surface area (Å²) in [4.78, 5) is 5.41. The van der Waals surface area contributed by atoms with Crippen molar-refractivity contribution >= 4 is 6.21 Å². The normalized spacial score (nSPS) is 12.3. The molecule has 1 nitrogen and oxygen atoms in total. The van der Waals surface area contributed by atoms with Gasteiger partial charge in [-0.2, -0.15) is 0 Å². The lowest BCUT2D eigenvalue weighted by Crippen LogP contribution is -2.14. The Labute approximate surface area is 208 Å². The summed E-state index contributed by atoms with van der Waals surface area (Å²) in [5, 5.41) is 0. The van der Waals surface area contributed by atoms with Crippen molar-refractivity contribution in [3.8, 4) is 0 Å². The molecule has 180 valence electrons. The molecule has 0 aliphatic rings. The Balaban J connectivity index is 2.31. The average Bonchev–Trinajstić information content (AvgIpc) is 2.81. The first-order chi connectivity index (χ1) is 16.2. The van der Waals surface area contributed by atoms with E-state index in [1.165, 1.54) is 38.9 Å². The molecule has 0 heterocycles. The summed E-state index contributed by atoms with van der Waals surface area (Å²) in [5.41, 5.74) is 9.79. The van der Waals surface area contributed by atoms with Crippen LogP contribution >= 0.6 is 0 Å². The fourth-order valence-electron chi connectivity index (χ4n) is 5.02. The molecular formula is C33H43N. The third-order valence-electron chi connectivity index (χ3n) is 6.81. The Bertz CT molecular complexity index is 971. The maximum Gasteiger partial charge on any atom is 0.101 e. The first-order valence-corrected chi connectivity index (χ1v) is 13.0. The van der Waals surface area contributed by atoms with Crippen molar-refractivity contribution < 1.29 is 0 Å². The predicted octanol–water partition coefficient (Wildman–Crippen LogP) is 9.58. The van der Waals surface area contributed by atoms with Gasteiger partial charge in [-0.3, -0.25) is 4.99 Å². The zero-order chi connectivity index (χ0) is 24.8. The number of aliphatic imine (C=N–C) groups is 1. The van der Waals surface area contributed by atoms with Crippen LogP contribution in [0.25, 0.3) is 0 Å². The largest absolute Gasteiger partial charge is 0.284 e. The summed E-state index contributed by atoms with van der Waals surface area (Å²) in [6.45, 7) is 18.5. The van der Waals surface area contributed by atoms with Crippen LogP contribution in [0.1, 0.15) is 124 Å². The minimum absolute atomic E-state index is 0.00397. The van der Waals surface area contributed by atoms with Crippen LogP contribution in [-0.2, 0) is 6.42 Å². The third-order valence-corrected chi connectivity index (χ3v) is 6.81. The zero-order valence-corrected chi connectivity index (χ0v) is 22.5. The van der Waals surface area contributed by atoms with Gasteiger partial charge in [0.1, 0.15) is 6.04 Å². The Hall–Kier alpha value is -2.67. The Kier molecular flexibility index (Phi) is 8.89. The first-order valence-electron chi connectivity index (χ1n) is 13.0.